The van der Waals surface area contributed by atoms with Gasteiger partial charge in [-0.25, -0.2) is 4.79 Å². The zero-order chi connectivity index (χ0) is 18.1. The van der Waals surface area contributed by atoms with Gasteiger partial charge in [-0.05, 0) is 28.7 Å². The van der Waals surface area contributed by atoms with Gasteiger partial charge in [0.25, 0.3) is 5.56 Å². The predicted molar refractivity (Wildman–Crippen MR) is 106 cm³/mol. The van der Waals surface area contributed by atoms with Crippen molar-refractivity contribution in [1.29, 1.82) is 0 Å². The molecule has 0 saturated carbocycles. The number of rotatable bonds is 3. The van der Waals surface area contributed by atoms with Crippen LogP contribution in [-0.4, -0.2) is 9.13 Å². The Hall–Kier alpha value is -2.50. The minimum atomic E-state index is -0.295. The van der Waals surface area contributed by atoms with Gasteiger partial charge in [-0.3, -0.25) is 13.9 Å². The number of thioether (sulfide) groups is 1. The molecule has 26 heavy (non-hydrogen) atoms. The van der Waals surface area contributed by atoms with Crippen LogP contribution in [0.15, 0.2) is 80.7 Å². The highest BCUT2D eigenvalue weighted by Crippen LogP contribution is 2.30. The molecule has 130 valence electrons. The molecular weight excluding hydrogens is 368 g/mol. The molecule has 0 aliphatic carbocycles. The molecule has 0 radical (unpaired) electrons. The van der Waals surface area contributed by atoms with E-state index >= 15 is 0 Å². The highest BCUT2D eigenvalue weighted by molar-refractivity contribution is 8.02. The van der Waals surface area contributed by atoms with Crippen molar-refractivity contribution >= 4 is 23.4 Å². The molecule has 6 heteroatoms. The standard InChI is InChI=1S/C20H15ClN2O2S/c21-16-9-7-14(8-10-16)13-23-18(24)17(15-5-2-1-3-6-15)19-22(20(23)25)11-4-12-26-19/h1-10,12H,11,13H2. The number of halogens is 1. The average Bonchev–Trinajstić information content (AvgIpc) is 2.68. The lowest BCUT2D eigenvalue weighted by molar-refractivity contribution is 0.579. The molecule has 1 aromatic heterocycles. The third-order valence-electron chi connectivity index (χ3n) is 4.26. The van der Waals surface area contributed by atoms with E-state index in [0.29, 0.717) is 22.2 Å². The number of fused-ring (bicyclic) bond motifs is 1. The van der Waals surface area contributed by atoms with Gasteiger partial charge in [0.15, 0.2) is 0 Å². The van der Waals surface area contributed by atoms with Crippen LogP contribution in [0.3, 0.4) is 0 Å². The number of allylic oxidation sites excluding steroid dienone is 1. The van der Waals surface area contributed by atoms with Gasteiger partial charge < -0.3 is 0 Å². The third kappa shape index (κ3) is 3.04. The summed E-state index contributed by atoms with van der Waals surface area (Å²) in [6.45, 7) is 0.672. The molecule has 0 amide bonds. The highest BCUT2D eigenvalue weighted by Gasteiger charge is 2.21. The Morgan fingerprint density at radius 2 is 1.73 bits per heavy atom. The molecule has 0 saturated heterocycles. The molecule has 3 aromatic rings. The van der Waals surface area contributed by atoms with Crippen molar-refractivity contribution in [2.75, 3.05) is 0 Å². The van der Waals surface area contributed by atoms with Crippen molar-refractivity contribution in [2.45, 2.75) is 18.1 Å². The molecule has 1 aliphatic heterocycles. The van der Waals surface area contributed by atoms with Crippen LogP contribution in [0.25, 0.3) is 11.1 Å². The molecule has 2 aromatic carbocycles. The van der Waals surface area contributed by atoms with Crippen molar-refractivity contribution < 1.29 is 0 Å². The van der Waals surface area contributed by atoms with E-state index in [1.165, 1.54) is 16.3 Å². The summed E-state index contributed by atoms with van der Waals surface area (Å²) in [5, 5.41) is 3.24. The quantitative estimate of drug-likeness (QED) is 0.643. The fraction of sp³-hybridized carbons (Fsp3) is 0.100. The molecule has 2 heterocycles. The third-order valence-corrected chi connectivity index (χ3v) is 5.49. The first-order chi connectivity index (χ1) is 12.6. The largest absolute Gasteiger partial charge is 0.332 e. The lowest BCUT2D eigenvalue weighted by atomic mass is 10.1. The van der Waals surface area contributed by atoms with Crippen LogP contribution in [-0.2, 0) is 13.1 Å². The van der Waals surface area contributed by atoms with Crippen LogP contribution in [0.4, 0.5) is 0 Å². The van der Waals surface area contributed by atoms with Gasteiger partial charge in [0, 0.05) is 11.6 Å². The molecule has 0 atom stereocenters. The maximum atomic E-state index is 13.2. The summed E-state index contributed by atoms with van der Waals surface area (Å²) >= 11 is 7.34. The molecule has 1 aliphatic rings. The first kappa shape index (κ1) is 16.9. The fourth-order valence-corrected chi connectivity index (χ4v) is 4.03. The van der Waals surface area contributed by atoms with E-state index in [-0.39, 0.29) is 17.8 Å². The summed E-state index contributed by atoms with van der Waals surface area (Å²) in [5.74, 6) is 0. The van der Waals surface area contributed by atoms with Gasteiger partial charge in [0.1, 0.15) is 0 Å². The lowest BCUT2D eigenvalue weighted by Gasteiger charge is -2.19. The van der Waals surface area contributed by atoms with Gasteiger partial charge in [-0.15, -0.1) is 0 Å². The molecule has 4 rings (SSSR count). The van der Waals surface area contributed by atoms with E-state index in [1.54, 1.807) is 16.7 Å². The van der Waals surface area contributed by atoms with Crippen LogP contribution in [0.5, 0.6) is 0 Å². The van der Waals surface area contributed by atoms with Crippen LogP contribution in [0.2, 0.25) is 5.02 Å². The van der Waals surface area contributed by atoms with E-state index in [2.05, 4.69) is 0 Å². The Labute approximate surface area is 159 Å². The van der Waals surface area contributed by atoms with Crippen LogP contribution < -0.4 is 11.2 Å². The number of benzene rings is 2. The van der Waals surface area contributed by atoms with Gasteiger partial charge in [0.2, 0.25) is 0 Å². The number of nitrogens with zero attached hydrogens (tertiary/aromatic N) is 2. The van der Waals surface area contributed by atoms with Crippen LogP contribution in [0.1, 0.15) is 5.56 Å². The number of aromatic nitrogens is 2. The predicted octanol–water partition coefficient (Wildman–Crippen LogP) is 4.00. The fourth-order valence-electron chi connectivity index (χ4n) is 2.99. The second-order valence-electron chi connectivity index (χ2n) is 5.95. The summed E-state index contributed by atoms with van der Waals surface area (Å²) in [7, 11) is 0. The van der Waals surface area contributed by atoms with E-state index in [9.17, 15) is 9.59 Å². The van der Waals surface area contributed by atoms with Crippen molar-refractivity contribution in [3.05, 3.63) is 97.5 Å². The monoisotopic (exact) mass is 382 g/mol. The summed E-state index contributed by atoms with van der Waals surface area (Å²) in [5.41, 5.74) is 1.66. The van der Waals surface area contributed by atoms with Crippen molar-refractivity contribution in [1.82, 2.24) is 9.13 Å². The Balaban J connectivity index is 1.94. The lowest BCUT2D eigenvalue weighted by Crippen LogP contribution is -2.42. The maximum absolute atomic E-state index is 13.2. The molecular formula is C20H15ClN2O2S. The minimum absolute atomic E-state index is 0.212. The van der Waals surface area contributed by atoms with Crippen molar-refractivity contribution in [3.63, 3.8) is 0 Å². The van der Waals surface area contributed by atoms with E-state index in [0.717, 1.165) is 11.1 Å². The first-order valence-electron chi connectivity index (χ1n) is 8.14. The Morgan fingerprint density at radius 3 is 2.46 bits per heavy atom. The average molecular weight is 383 g/mol. The molecule has 0 unspecified atom stereocenters. The van der Waals surface area contributed by atoms with E-state index in [4.69, 9.17) is 11.6 Å². The van der Waals surface area contributed by atoms with Crippen molar-refractivity contribution in [2.24, 2.45) is 0 Å². The van der Waals surface area contributed by atoms with Gasteiger partial charge in [-0.2, -0.15) is 0 Å². The number of hydrogen-bond acceptors (Lipinski definition) is 3. The minimum Gasteiger partial charge on any atom is -0.283 e. The van der Waals surface area contributed by atoms with E-state index in [1.807, 2.05) is 53.9 Å². The molecule has 0 bridgehead atoms. The summed E-state index contributed by atoms with van der Waals surface area (Å²) in [6, 6.07) is 16.7. The van der Waals surface area contributed by atoms with Gasteiger partial charge >= 0.3 is 5.69 Å². The maximum Gasteiger partial charge on any atom is 0.332 e. The molecule has 0 spiro atoms. The van der Waals surface area contributed by atoms with Crippen LogP contribution >= 0.6 is 23.4 Å². The number of hydrogen-bond donors (Lipinski definition) is 0. The SMILES string of the molecule is O=c1c(-c2ccccc2)c2n(c(=O)n1Cc1ccc(Cl)cc1)CC=CS2. The topological polar surface area (TPSA) is 44.0 Å². The molecule has 4 nitrogen and oxygen atoms in total. The van der Waals surface area contributed by atoms with Gasteiger partial charge in [0.05, 0.1) is 17.1 Å². The smallest absolute Gasteiger partial charge is 0.283 e. The highest BCUT2D eigenvalue weighted by atomic mass is 35.5. The summed E-state index contributed by atoms with van der Waals surface area (Å²) in [6.07, 6.45) is 1.92. The summed E-state index contributed by atoms with van der Waals surface area (Å²) in [4.78, 5) is 26.2. The first-order valence-corrected chi connectivity index (χ1v) is 9.40. The second kappa shape index (κ2) is 7.02. The Kier molecular flexibility index (Phi) is 4.57. The zero-order valence-corrected chi connectivity index (χ0v) is 15.3. The Bertz CT molecular complexity index is 1100. The summed E-state index contributed by atoms with van der Waals surface area (Å²) < 4.78 is 2.96. The molecule has 0 fully saturated rings. The molecule has 0 N–H and O–H groups in total. The van der Waals surface area contributed by atoms with E-state index < -0.39 is 0 Å². The second-order valence-corrected chi connectivity index (χ2v) is 7.28. The van der Waals surface area contributed by atoms with Crippen molar-refractivity contribution in [3.8, 4) is 11.1 Å². The van der Waals surface area contributed by atoms with Crippen LogP contribution in [0, 0.1) is 0 Å². The Morgan fingerprint density at radius 1 is 1.00 bits per heavy atom. The normalized spacial score (nSPS) is 12.8. The zero-order valence-electron chi connectivity index (χ0n) is 13.8. The van der Waals surface area contributed by atoms with Gasteiger partial charge in [-0.1, -0.05) is 71.9 Å².